The van der Waals surface area contributed by atoms with Crippen LogP contribution in [-0.2, 0) is 7.05 Å². The predicted molar refractivity (Wildman–Crippen MR) is 118 cm³/mol. The molecule has 0 aliphatic heterocycles. The minimum atomic E-state index is -0.608. The highest BCUT2D eigenvalue weighted by molar-refractivity contribution is 5.81. The van der Waals surface area contributed by atoms with Gasteiger partial charge in [0.05, 0.1) is 18.0 Å². The summed E-state index contributed by atoms with van der Waals surface area (Å²) in [6, 6.07) is 12.6. The lowest BCUT2D eigenvalue weighted by atomic mass is 10.1. The Hall–Kier alpha value is -2.90. The number of methoxy groups -OCH3 is 1. The Kier molecular flexibility index (Phi) is 6.43. The molecule has 3 aromatic rings. The van der Waals surface area contributed by atoms with Gasteiger partial charge in [-0.05, 0) is 63.2 Å². The van der Waals surface area contributed by atoms with E-state index in [0.717, 1.165) is 5.56 Å². The number of ether oxygens (including phenoxy) is 2. The molecule has 2 aromatic carbocycles. The fourth-order valence-electron chi connectivity index (χ4n) is 3.01. The molecule has 0 fully saturated rings. The van der Waals surface area contributed by atoms with E-state index in [-0.39, 0.29) is 17.7 Å². The molecule has 0 amide bonds. The van der Waals surface area contributed by atoms with Crippen LogP contribution in [0.4, 0.5) is 0 Å². The van der Waals surface area contributed by atoms with E-state index < -0.39 is 6.10 Å². The van der Waals surface area contributed by atoms with E-state index in [4.69, 9.17) is 9.47 Å². The van der Waals surface area contributed by atoms with Crippen LogP contribution in [-0.4, -0.2) is 46.6 Å². The van der Waals surface area contributed by atoms with Gasteiger partial charge in [-0.2, -0.15) is 0 Å². The van der Waals surface area contributed by atoms with Crippen molar-refractivity contribution in [3.63, 3.8) is 0 Å². The van der Waals surface area contributed by atoms with Crippen LogP contribution in [0.15, 0.2) is 47.3 Å². The minimum absolute atomic E-state index is 0.0590. The number of fused-ring (bicyclic) bond motifs is 1. The van der Waals surface area contributed by atoms with E-state index in [1.165, 1.54) is 4.57 Å². The van der Waals surface area contributed by atoms with Crippen molar-refractivity contribution in [2.45, 2.75) is 32.4 Å². The SMILES string of the molecule is COc1ccc2nc(-c3ccc(OC[C@H](O)CNC(C)(C)C)cc3)n(C)c(=O)c2c1. The molecule has 3 rings (SSSR count). The highest BCUT2D eigenvalue weighted by Gasteiger charge is 2.14. The van der Waals surface area contributed by atoms with Crippen molar-refractivity contribution >= 4 is 10.9 Å². The lowest BCUT2D eigenvalue weighted by Crippen LogP contribution is -2.42. The summed E-state index contributed by atoms with van der Waals surface area (Å²) in [5.74, 6) is 1.83. The number of β-amino-alcohol motifs (C(OH)–C–C–N with tert-alkyl or cyclic N) is 1. The Bertz CT molecular complexity index is 1070. The lowest BCUT2D eigenvalue weighted by molar-refractivity contribution is 0.100. The van der Waals surface area contributed by atoms with Gasteiger partial charge in [0, 0.05) is 24.7 Å². The molecular formula is C23H29N3O4. The van der Waals surface area contributed by atoms with Crippen LogP contribution >= 0.6 is 0 Å². The first-order valence-electron chi connectivity index (χ1n) is 9.89. The molecule has 0 spiro atoms. The Balaban J connectivity index is 1.75. The van der Waals surface area contributed by atoms with Gasteiger partial charge in [-0.15, -0.1) is 0 Å². The van der Waals surface area contributed by atoms with Crippen molar-refractivity contribution in [1.29, 1.82) is 0 Å². The molecule has 0 aliphatic rings. The molecule has 0 radical (unpaired) electrons. The van der Waals surface area contributed by atoms with Gasteiger partial charge in [0.15, 0.2) is 0 Å². The molecule has 2 N–H and O–H groups in total. The maximum atomic E-state index is 12.8. The molecule has 1 atom stereocenters. The van der Waals surface area contributed by atoms with Crippen LogP contribution in [0, 0.1) is 0 Å². The summed E-state index contributed by atoms with van der Waals surface area (Å²) in [4.78, 5) is 17.4. The van der Waals surface area contributed by atoms with Gasteiger partial charge in [0.25, 0.3) is 5.56 Å². The van der Waals surface area contributed by atoms with Crippen molar-refractivity contribution in [2.24, 2.45) is 7.05 Å². The second kappa shape index (κ2) is 8.85. The Morgan fingerprint density at radius 2 is 1.80 bits per heavy atom. The number of nitrogens with one attached hydrogen (secondary N) is 1. The summed E-state index contributed by atoms with van der Waals surface area (Å²) < 4.78 is 12.4. The molecule has 7 heteroatoms. The van der Waals surface area contributed by atoms with Gasteiger partial charge in [-0.3, -0.25) is 9.36 Å². The number of rotatable bonds is 7. The topological polar surface area (TPSA) is 85.6 Å². The standard InChI is InChI=1S/C23H29N3O4/c1-23(2,3)24-13-16(27)14-30-17-8-6-15(7-9-17)21-25-20-11-10-18(29-5)12-19(20)22(28)26(21)4/h6-12,16,24,27H,13-14H2,1-5H3/t16-/m1/s1. The number of aromatic nitrogens is 2. The van der Waals surface area contributed by atoms with Gasteiger partial charge in [0.1, 0.15) is 30.0 Å². The largest absolute Gasteiger partial charge is 0.497 e. The highest BCUT2D eigenvalue weighted by Crippen LogP contribution is 2.23. The van der Waals surface area contributed by atoms with E-state index in [1.807, 2.05) is 45.0 Å². The molecule has 1 heterocycles. The maximum absolute atomic E-state index is 12.8. The van der Waals surface area contributed by atoms with Crippen LogP contribution < -0.4 is 20.3 Å². The van der Waals surface area contributed by atoms with Gasteiger partial charge in [0.2, 0.25) is 0 Å². The number of hydrogen-bond donors (Lipinski definition) is 2. The molecule has 0 saturated heterocycles. The number of nitrogens with zero attached hydrogens (tertiary/aromatic N) is 2. The Labute approximate surface area is 176 Å². The van der Waals surface area contributed by atoms with Crippen LogP contribution in [0.25, 0.3) is 22.3 Å². The normalized spacial score (nSPS) is 12.7. The zero-order valence-corrected chi connectivity index (χ0v) is 18.1. The van der Waals surface area contributed by atoms with E-state index in [9.17, 15) is 9.90 Å². The van der Waals surface area contributed by atoms with Gasteiger partial charge in [-0.25, -0.2) is 4.98 Å². The van der Waals surface area contributed by atoms with Crippen LogP contribution in [0.2, 0.25) is 0 Å². The second-order valence-electron chi connectivity index (χ2n) is 8.30. The van der Waals surface area contributed by atoms with Crippen molar-refractivity contribution in [1.82, 2.24) is 14.9 Å². The average molecular weight is 412 g/mol. The number of benzene rings is 2. The molecular weight excluding hydrogens is 382 g/mol. The molecule has 0 unspecified atom stereocenters. The highest BCUT2D eigenvalue weighted by atomic mass is 16.5. The molecule has 0 saturated carbocycles. The summed E-state index contributed by atoms with van der Waals surface area (Å²) in [7, 11) is 3.27. The summed E-state index contributed by atoms with van der Waals surface area (Å²) in [6.45, 7) is 6.78. The molecule has 1 aromatic heterocycles. The van der Waals surface area contributed by atoms with Crippen molar-refractivity contribution in [3.8, 4) is 22.9 Å². The van der Waals surface area contributed by atoms with Crippen LogP contribution in [0.3, 0.4) is 0 Å². The summed E-state index contributed by atoms with van der Waals surface area (Å²) in [5, 5.41) is 13.8. The Morgan fingerprint density at radius 3 is 2.43 bits per heavy atom. The summed E-state index contributed by atoms with van der Waals surface area (Å²) >= 11 is 0. The third kappa shape index (κ3) is 5.17. The molecule has 0 aliphatic carbocycles. The van der Waals surface area contributed by atoms with Crippen molar-refractivity contribution in [2.75, 3.05) is 20.3 Å². The van der Waals surface area contributed by atoms with E-state index in [0.29, 0.717) is 34.8 Å². The predicted octanol–water partition coefficient (Wildman–Crippen LogP) is 2.74. The van der Waals surface area contributed by atoms with Crippen LogP contribution in [0.1, 0.15) is 20.8 Å². The van der Waals surface area contributed by atoms with Gasteiger partial charge < -0.3 is 19.9 Å². The minimum Gasteiger partial charge on any atom is -0.497 e. The molecule has 160 valence electrons. The monoisotopic (exact) mass is 411 g/mol. The third-order valence-electron chi connectivity index (χ3n) is 4.71. The summed E-state index contributed by atoms with van der Waals surface area (Å²) in [6.07, 6.45) is -0.608. The van der Waals surface area contributed by atoms with E-state index in [1.54, 1.807) is 32.4 Å². The second-order valence-corrected chi connectivity index (χ2v) is 8.30. The number of aliphatic hydroxyl groups excluding tert-OH is 1. The molecule has 7 nitrogen and oxygen atoms in total. The molecule has 0 bridgehead atoms. The van der Waals surface area contributed by atoms with E-state index >= 15 is 0 Å². The number of hydrogen-bond acceptors (Lipinski definition) is 6. The first kappa shape index (κ1) is 21.8. The Morgan fingerprint density at radius 1 is 1.13 bits per heavy atom. The first-order valence-corrected chi connectivity index (χ1v) is 9.89. The van der Waals surface area contributed by atoms with Gasteiger partial charge >= 0.3 is 0 Å². The maximum Gasteiger partial charge on any atom is 0.261 e. The van der Waals surface area contributed by atoms with Crippen LogP contribution in [0.5, 0.6) is 11.5 Å². The smallest absolute Gasteiger partial charge is 0.261 e. The zero-order valence-electron chi connectivity index (χ0n) is 18.1. The fourth-order valence-corrected chi connectivity index (χ4v) is 3.01. The quantitative estimate of drug-likeness (QED) is 0.622. The van der Waals surface area contributed by atoms with Gasteiger partial charge in [-0.1, -0.05) is 0 Å². The van der Waals surface area contributed by atoms with Crippen molar-refractivity contribution in [3.05, 3.63) is 52.8 Å². The van der Waals surface area contributed by atoms with E-state index in [2.05, 4.69) is 10.3 Å². The first-order chi connectivity index (χ1) is 14.2. The lowest BCUT2D eigenvalue weighted by Gasteiger charge is -2.23. The fraction of sp³-hybridized carbons (Fsp3) is 0.391. The number of aliphatic hydroxyl groups is 1. The molecule has 30 heavy (non-hydrogen) atoms. The summed E-state index contributed by atoms with van der Waals surface area (Å²) in [5.41, 5.74) is 1.22. The third-order valence-corrected chi connectivity index (χ3v) is 4.71. The average Bonchev–Trinajstić information content (AvgIpc) is 2.73. The van der Waals surface area contributed by atoms with Crippen molar-refractivity contribution < 1.29 is 14.6 Å². The zero-order chi connectivity index (χ0) is 21.9.